The molecule has 0 unspecified atom stereocenters. The number of carbonyl (C=O) groups excluding carboxylic acids is 1. The topological polar surface area (TPSA) is 68.0 Å². The number of nitrogens with zero attached hydrogens (tertiary/aromatic N) is 3. The van der Waals surface area contributed by atoms with Crippen LogP contribution in [0.5, 0.6) is 11.5 Å². The Labute approximate surface area is 146 Å². The van der Waals surface area contributed by atoms with Crippen molar-refractivity contribution in [1.82, 2.24) is 15.0 Å². The smallest absolute Gasteiger partial charge is 0.276 e. The van der Waals surface area contributed by atoms with Crippen LogP contribution in [0, 0.1) is 13.8 Å². The number of benzene rings is 1. The van der Waals surface area contributed by atoms with Crippen LogP contribution in [-0.4, -0.2) is 53.8 Å². The number of ether oxygens (including phenoxy) is 2. The van der Waals surface area contributed by atoms with Gasteiger partial charge in [-0.25, -0.2) is 0 Å². The molecular weight excluding hydrogens is 322 g/mol. The first-order valence-corrected chi connectivity index (χ1v) is 8.45. The standard InChI is InChI=1S/C18H21N3O4/c1-12-13(2)25-19-17(12)18(22)21-7-5-20(6-8-21)10-14-3-4-15-16(9-14)24-11-23-15/h3-4,9H,5-8,10-11H2,1-2H3. The van der Waals surface area contributed by atoms with E-state index in [-0.39, 0.29) is 5.91 Å². The Kier molecular flexibility index (Phi) is 4.09. The largest absolute Gasteiger partial charge is 0.454 e. The first-order chi connectivity index (χ1) is 12.1. The molecule has 7 heteroatoms. The van der Waals surface area contributed by atoms with Gasteiger partial charge in [0.1, 0.15) is 5.76 Å². The van der Waals surface area contributed by atoms with Gasteiger partial charge in [0.15, 0.2) is 17.2 Å². The molecule has 0 radical (unpaired) electrons. The van der Waals surface area contributed by atoms with E-state index in [1.165, 1.54) is 5.56 Å². The maximum Gasteiger partial charge on any atom is 0.276 e. The Morgan fingerprint density at radius 1 is 1.12 bits per heavy atom. The van der Waals surface area contributed by atoms with Gasteiger partial charge in [0.25, 0.3) is 5.91 Å². The molecule has 3 heterocycles. The van der Waals surface area contributed by atoms with E-state index in [0.29, 0.717) is 31.3 Å². The first kappa shape index (κ1) is 16.0. The lowest BCUT2D eigenvalue weighted by molar-refractivity contribution is 0.0618. The van der Waals surface area contributed by atoms with Gasteiger partial charge in [0.2, 0.25) is 6.79 Å². The van der Waals surface area contributed by atoms with Crippen LogP contribution in [0.25, 0.3) is 0 Å². The molecule has 25 heavy (non-hydrogen) atoms. The predicted octanol–water partition coefficient (Wildman–Crippen LogP) is 1.98. The number of hydrogen-bond acceptors (Lipinski definition) is 6. The summed E-state index contributed by atoms with van der Waals surface area (Å²) in [6, 6.07) is 6.04. The van der Waals surface area contributed by atoms with Gasteiger partial charge in [-0.3, -0.25) is 9.69 Å². The molecule has 0 saturated carbocycles. The second-order valence-electron chi connectivity index (χ2n) is 6.47. The van der Waals surface area contributed by atoms with Crippen LogP contribution >= 0.6 is 0 Å². The molecule has 0 N–H and O–H groups in total. The van der Waals surface area contributed by atoms with E-state index in [1.54, 1.807) is 0 Å². The van der Waals surface area contributed by atoms with Crippen LogP contribution in [0.3, 0.4) is 0 Å². The van der Waals surface area contributed by atoms with Crippen molar-refractivity contribution in [2.75, 3.05) is 33.0 Å². The number of aromatic nitrogens is 1. The zero-order valence-corrected chi connectivity index (χ0v) is 14.4. The van der Waals surface area contributed by atoms with E-state index in [0.717, 1.165) is 36.7 Å². The lowest BCUT2D eigenvalue weighted by Crippen LogP contribution is -2.48. The second kappa shape index (κ2) is 6.40. The highest BCUT2D eigenvalue weighted by Crippen LogP contribution is 2.32. The predicted molar refractivity (Wildman–Crippen MR) is 89.7 cm³/mol. The molecule has 0 spiro atoms. The molecule has 0 bridgehead atoms. The van der Waals surface area contributed by atoms with E-state index < -0.39 is 0 Å². The number of aryl methyl sites for hydroxylation is 1. The third kappa shape index (κ3) is 3.07. The quantitative estimate of drug-likeness (QED) is 0.849. The fraction of sp³-hybridized carbons (Fsp3) is 0.444. The maximum absolute atomic E-state index is 12.6. The molecule has 1 aromatic carbocycles. The maximum atomic E-state index is 12.6. The molecule has 1 aromatic heterocycles. The minimum Gasteiger partial charge on any atom is -0.454 e. The molecule has 1 fully saturated rings. The molecule has 2 aromatic rings. The Morgan fingerprint density at radius 2 is 1.88 bits per heavy atom. The highest BCUT2D eigenvalue weighted by molar-refractivity contribution is 5.93. The zero-order chi connectivity index (χ0) is 17.4. The molecule has 1 saturated heterocycles. The Morgan fingerprint density at radius 3 is 2.60 bits per heavy atom. The summed E-state index contributed by atoms with van der Waals surface area (Å²) in [4.78, 5) is 16.8. The number of hydrogen-bond donors (Lipinski definition) is 0. The summed E-state index contributed by atoms with van der Waals surface area (Å²) in [6.07, 6.45) is 0. The van der Waals surface area contributed by atoms with Gasteiger partial charge in [-0.05, 0) is 31.5 Å². The molecule has 4 rings (SSSR count). The number of piperazine rings is 1. The fourth-order valence-electron chi connectivity index (χ4n) is 3.17. The third-order valence-corrected chi connectivity index (χ3v) is 4.86. The van der Waals surface area contributed by atoms with Crippen molar-refractivity contribution in [2.45, 2.75) is 20.4 Å². The average molecular weight is 343 g/mol. The van der Waals surface area contributed by atoms with E-state index >= 15 is 0 Å². The highest BCUT2D eigenvalue weighted by atomic mass is 16.7. The van der Waals surface area contributed by atoms with Gasteiger partial charge in [0.05, 0.1) is 0 Å². The number of carbonyl (C=O) groups is 1. The normalized spacial score (nSPS) is 17.1. The molecule has 1 amide bonds. The van der Waals surface area contributed by atoms with Crippen molar-refractivity contribution >= 4 is 5.91 Å². The van der Waals surface area contributed by atoms with Crippen LogP contribution < -0.4 is 9.47 Å². The summed E-state index contributed by atoms with van der Waals surface area (Å²) >= 11 is 0. The van der Waals surface area contributed by atoms with Crippen LogP contribution in [0.4, 0.5) is 0 Å². The number of fused-ring (bicyclic) bond motifs is 1. The summed E-state index contributed by atoms with van der Waals surface area (Å²) in [5, 5.41) is 3.90. The summed E-state index contributed by atoms with van der Waals surface area (Å²) < 4.78 is 15.9. The van der Waals surface area contributed by atoms with Crippen LogP contribution in [0.1, 0.15) is 27.4 Å². The van der Waals surface area contributed by atoms with E-state index in [4.69, 9.17) is 14.0 Å². The Hall–Kier alpha value is -2.54. The molecule has 2 aliphatic rings. The van der Waals surface area contributed by atoms with E-state index in [1.807, 2.05) is 30.9 Å². The molecule has 7 nitrogen and oxygen atoms in total. The van der Waals surface area contributed by atoms with Crippen molar-refractivity contribution in [3.63, 3.8) is 0 Å². The summed E-state index contributed by atoms with van der Waals surface area (Å²) in [6.45, 7) is 7.86. The highest BCUT2D eigenvalue weighted by Gasteiger charge is 2.26. The third-order valence-electron chi connectivity index (χ3n) is 4.86. The fourth-order valence-corrected chi connectivity index (χ4v) is 3.17. The molecule has 132 valence electrons. The van der Waals surface area contributed by atoms with Gasteiger partial charge < -0.3 is 18.9 Å². The van der Waals surface area contributed by atoms with Gasteiger partial charge in [-0.15, -0.1) is 0 Å². The summed E-state index contributed by atoms with van der Waals surface area (Å²) in [7, 11) is 0. The SMILES string of the molecule is Cc1onc(C(=O)N2CCN(Cc3ccc4c(c3)OCO4)CC2)c1C. The minimum absolute atomic E-state index is 0.0444. The minimum atomic E-state index is -0.0444. The lowest BCUT2D eigenvalue weighted by atomic mass is 10.1. The van der Waals surface area contributed by atoms with Crippen molar-refractivity contribution in [3.8, 4) is 11.5 Å². The summed E-state index contributed by atoms with van der Waals surface area (Å²) in [5.74, 6) is 2.27. The zero-order valence-electron chi connectivity index (χ0n) is 14.4. The van der Waals surface area contributed by atoms with Crippen molar-refractivity contribution in [2.24, 2.45) is 0 Å². The average Bonchev–Trinajstić information content (AvgIpc) is 3.22. The van der Waals surface area contributed by atoms with Crippen LogP contribution in [0.15, 0.2) is 22.7 Å². The molecule has 0 aliphatic carbocycles. The van der Waals surface area contributed by atoms with Gasteiger partial charge >= 0.3 is 0 Å². The number of rotatable bonds is 3. The second-order valence-corrected chi connectivity index (χ2v) is 6.47. The lowest BCUT2D eigenvalue weighted by Gasteiger charge is -2.34. The van der Waals surface area contributed by atoms with Crippen molar-refractivity contribution < 1.29 is 18.8 Å². The summed E-state index contributed by atoms with van der Waals surface area (Å²) in [5.41, 5.74) is 2.45. The van der Waals surface area contributed by atoms with Crippen molar-refractivity contribution in [3.05, 3.63) is 40.8 Å². The molecular formula is C18H21N3O4. The van der Waals surface area contributed by atoms with Gasteiger partial charge in [0, 0.05) is 38.3 Å². The van der Waals surface area contributed by atoms with E-state index in [9.17, 15) is 4.79 Å². The van der Waals surface area contributed by atoms with Crippen LogP contribution in [-0.2, 0) is 6.54 Å². The molecule has 2 aliphatic heterocycles. The molecule has 0 atom stereocenters. The van der Waals surface area contributed by atoms with Crippen LogP contribution in [0.2, 0.25) is 0 Å². The number of amides is 1. The van der Waals surface area contributed by atoms with Crippen molar-refractivity contribution in [1.29, 1.82) is 0 Å². The first-order valence-electron chi connectivity index (χ1n) is 8.45. The Balaban J connectivity index is 1.35. The van der Waals surface area contributed by atoms with E-state index in [2.05, 4.69) is 16.1 Å². The Bertz CT molecular complexity index is 794. The monoisotopic (exact) mass is 343 g/mol. The van der Waals surface area contributed by atoms with Gasteiger partial charge in [-0.1, -0.05) is 11.2 Å². The van der Waals surface area contributed by atoms with Gasteiger partial charge in [-0.2, -0.15) is 0 Å².